The molecule has 0 aliphatic heterocycles. The van der Waals surface area contributed by atoms with Crippen molar-refractivity contribution in [2.75, 3.05) is 13.2 Å². The highest BCUT2D eigenvalue weighted by atomic mass is 32.1. The van der Waals surface area contributed by atoms with Crippen LogP contribution < -0.4 is 10.9 Å². The molecule has 2 aromatic heterocycles. The van der Waals surface area contributed by atoms with E-state index in [1.165, 1.54) is 12.1 Å². The first-order valence-electron chi connectivity index (χ1n) is 8.53. The van der Waals surface area contributed by atoms with Crippen LogP contribution in [0.15, 0.2) is 29.1 Å². The van der Waals surface area contributed by atoms with Crippen molar-refractivity contribution in [3.8, 4) is 0 Å². The van der Waals surface area contributed by atoms with Crippen molar-refractivity contribution in [2.24, 2.45) is 0 Å². The van der Waals surface area contributed by atoms with E-state index in [1.54, 1.807) is 26.0 Å². The number of halogens is 1. The number of H-pyrrole nitrogens is 1. The van der Waals surface area contributed by atoms with Gasteiger partial charge in [-0.05, 0) is 43.5 Å². The van der Waals surface area contributed by atoms with Gasteiger partial charge in [-0.15, -0.1) is 11.3 Å². The normalized spacial score (nSPS) is 10.8. The van der Waals surface area contributed by atoms with Crippen LogP contribution in [0.4, 0.5) is 4.39 Å². The quantitative estimate of drug-likeness (QED) is 0.615. The van der Waals surface area contributed by atoms with Crippen LogP contribution in [0.25, 0.3) is 10.2 Å². The van der Waals surface area contributed by atoms with Crippen LogP contribution in [-0.2, 0) is 16.0 Å². The highest BCUT2D eigenvalue weighted by molar-refractivity contribution is 7.20. The van der Waals surface area contributed by atoms with Crippen molar-refractivity contribution < 1.29 is 18.7 Å². The van der Waals surface area contributed by atoms with E-state index < -0.39 is 18.5 Å². The first kappa shape index (κ1) is 19.7. The van der Waals surface area contributed by atoms with Gasteiger partial charge in [0.05, 0.1) is 5.39 Å². The Morgan fingerprint density at radius 2 is 1.96 bits per heavy atom. The summed E-state index contributed by atoms with van der Waals surface area (Å²) in [6, 6.07) is 5.99. The van der Waals surface area contributed by atoms with E-state index in [0.29, 0.717) is 34.6 Å². The lowest BCUT2D eigenvalue weighted by molar-refractivity contribution is -0.124. The number of hydrogen-bond acceptors (Lipinski definition) is 6. The van der Waals surface area contributed by atoms with Gasteiger partial charge in [0.1, 0.15) is 21.3 Å². The smallest absolute Gasteiger partial charge is 0.349 e. The van der Waals surface area contributed by atoms with E-state index in [2.05, 4.69) is 15.3 Å². The zero-order chi connectivity index (χ0) is 20.3. The molecule has 3 aromatic rings. The molecule has 0 radical (unpaired) electrons. The fraction of sp³-hybridized carbons (Fsp3) is 0.263. The Hall–Kier alpha value is -3.07. The Bertz CT molecular complexity index is 1090. The van der Waals surface area contributed by atoms with Crippen LogP contribution in [0.5, 0.6) is 0 Å². The van der Waals surface area contributed by atoms with Crippen LogP contribution in [0.1, 0.15) is 26.6 Å². The lowest BCUT2D eigenvalue weighted by atomic mass is 10.1. The Balaban J connectivity index is 1.55. The molecule has 146 valence electrons. The summed E-state index contributed by atoms with van der Waals surface area (Å²) in [5, 5.41) is 2.99. The van der Waals surface area contributed by atoms with Crippen molar-refractivity contribution in [2.45, 2.75) is 20.3 Å². The second-order valence-electron chi connectivity index (χ2n) is 6.19. The zero-order valence-corrected chi connectivity index (χ0v) is 16.1. The van der Waals surface area contributed by atoms with Crippen LogP contribution >= 0.6 is 11.3 Å². The number of benzene rings is 1. The number of esters is 1. The third-order valence-corrected chi connectivity index (χ3v) is 5.25. The molecule has 0 unspecified atom stereocenters. The minimum absolute atomic E-state index is 0.248. The molecule has 1 aromatic carbocycles. The molecule has 0 fully saturated rings. The molecule has 2 N–H and O–H groups in total. The summed E-state index contributed by atoms with van der Waals surface area (Å²) in [4.78, 5) is 43.7. The molecular weight excluding hydrogens is 385 g/mol. The van der Waals surface area contributed by atoms with Gasteiger partial charge in [-0.2, -0.15) is 0 Å². The number of hydrogen-bond donors (Lipinski definition) is 2. The lowest BCUT2D eigenvalue weighted by Gasteiger charge is -2.06. The summed E-state index contributed by atoms with van der Waals surface area (Å²) in [5.41, 5.74) is 1.05. The summed E-state index contributed by atoms with van der Waals surface area (Å²) in [6.45, 7) is 3.20. The van der Waals surface area contributed by atoms with Gasteiger partial charge in [0.2, 0.25) is 0 Å². The number of nitrogens with one attached hydrogen (secondary N) is 2. The molecule has 2 heterocycles. The van der Waals surface area contributed by atoms with Crippen molar-refractivity contribution in [3.63, 3.8) is 0 Å². The lowest BCUT2D eigenvalue weighted by Crippen LogP contribution is -2.30. The van der Waals surface area contributed by atoms with E-state index in [9.17, 15) is 18.8 Å². The summed E-state index contributed by atoms with van der Waals surface area (Å²) < 4.78 is 17.9. The maximum atomic E-state index is 12.9. The monoisotopic (exact) mass is 403 g/mol. The standard InChI is InChI=1S/C19H18FN3O4S/c1-10-15-17(25)22-11(2)23-18(15)28-16(10)19(26)27-9-14(24)21-8-7-12-3-5-13(20)6-4-12/h3-6H,7-9H2,1-2H3,(H,21,24)(H,22,23,25). The number of nitrogens with zero attached hydrogens (tertiary/aromatic N) is 1. The summed E-state index contributed by atoms with van der Waals surface area (Å²) >= 11 is 1.06. The number of thiophene rings is 1. The molecule has 0 aliphatic rings. The average Bonchev–Trinajstić information content (AvgIpc) is 2.98. The highest BCUT2D eigenvalue weighted by Crippen LogP contribution is 2.27. The predicted octanol–water partition coefficient (Wildman–Crippen LogP) is 2.26. The van der Waals surface area contributed by atoms with E-state index in [1.807, 2.05) is 0 Å². The first-order valence-corrected chi connectivity index (χ1v) is 9.35. The van der Waals surface area contributed by atoms with Gasteiger partial charge in [0.15, 0.2) is 6.61 Å². The van der Waals surface area contributed by atoms with Crippen molar-refractivity contribution in [1.82, 2.24) is 15.3 Å². The third-order valence-electron chi connectivity index (χ3n) is 4.09. The minimum atomic E-state index is -0.675. The number of fused-ring (bicyclic) bond motifs is 1. The fourth-order valence-electron chi connectivity index (χ4n) is 2.69. The van der Waals surface area contributed by atoms with Gasteiger partial charge >= 0.3 is 5.97 Å². The highest BCUT2D eigenvalue weighted by Gasteiger charge is 2.20. The molecule has 0 aliphatic carbocycles. The Kier molecular flexibility index (Phi) is 5.84. The number of ether oxygens (including phenoxy) is 1. The topological polar surface area (TPSA) is 101 Å². The summed E-state index contributed by atoms with van der Waals surface area (Å²) in [7, 11) is 0. The van der Waals surface area contributed by atoms with Crippen LogP contribution in [0.2, 0.25) is 0 Å². The average molecular weight is 403 g/mol. The van der Waals surface area contributed by atoms with Gasteiger partial charge in [0, 0.05) is 6.54 Å². The predicted molar refractivity (Wildman–Crippen MR) is 103 cm³/mol. The molecule has 0 atom stereocenters. The SMILES string of the molecule is Cc1nc2sc(C(=O)OCC(=O)NCCc3ccc(F)cc3)c(C)c2c(=O)[nH]1. The Morgan fingerprint density at radius 3 is 2.68 bits per heavy atom. The summed E-state index contributed by atoms with van der Waals surface area (Å²) in [5.74, 6) is -0.977. The van der Waals surface area contributed by atoms with Gasteiger partial charge in [-0.1, -0.05) is 12.1 Å². The molecule has 0 spiro atoms. The van der Waals surface area contributed by atoms with Gasteiger partial charge in [-0.25, -0.2) is 14.2 Å². The first-order chi connectivity index (χ1) is 13.3. The molecule has 7 nitrogen and oxygen atoms in total. The zero-order valence-electron chi connectivity index (χ0n) is 15.3. The Morgan fingerprint density at radius 1 is 1.25 bits per heavy atom. The second kappa shape index (κ2) is 8.30. The second-order valence-corrected chi connectivity index (χ2v) is 7.19. The number of aromatic nitrogens is 2. The van der Waals surface area contributed by atoms with Crippen molar-refractivity contribution in [1.29, 1.82) is 0 Å². The van der Waals surface area contributed by atoms with Crippen LogP contribution in [-0.4, -0.2) is 35.0 Å². The molecule has 3 rings (SSSR count). The minimum Gasteiger partial charge on any atom is -0.451 e. The van der Waals surface area contributed by atoms with Crippen LogP contribution in [0.3, 0.4) is 0 Å². The van der Waals surface area contributed by atoms with Crippen molar-refractivity contribution in [3.05, 3.63) is 62.3 Å². The molecular formula is C19H18FN3O4S. The third kappa shape index (κ3) is 4.42. The number of amides is 1. The number of aromatic amines is 1. The molecule has 28 heavy (non-hydrogen) atoms. The molecule has 0 saturated heterocycles. The van der Waals surface area contributed by atoms with E-state index >= 15 is 0 Å². The van der Waals surface area contributed by atoms with Gasteiger partial charge in [0.25, 0.3) is 11.5 Å². The molecule has 0 bridgehead atoms. The summed E-state index contributed by atoms with van der Waals surface area (Å²) in [6.07, 6.45) is 0.531. The number of carbonyl (C=O) groups excluding carboxylic acids is 2. The number of aryl methyl sites for hydroxylation is 2. The maximum absolute atomic E-state index is 12.9. The molecule has 0 saturated carbocycles. The van der Waals surface area contributed by atoms with Crippen molar-refractivity contribution >= 4 is 33.4 Å². The largest absolute Gasteiger partial charge is 0.451 e. The van der Waals surface area contributed by atoms with E-state index in [0.717, 1.165) is 16.9 Å². The van der Waals surface area contributed by atoms with Gasteiger partial charge < -0.3 is 15.0 Å². The van der Waals surface area contributed by atoms with E-state index in [-0.39, 0.29) is 16.3 Å². The van der Waals surface area contributed by atoms with E-state index in [4.69, 9.17) is 4.74 Å². The Labute approximate surface area is 163 Å². The van der Waals surface area contributed by atoms with Gasteiger partial charge in [-0.3, -0.25) is 9.59 Å². The molecule has 9 heteroatoms. The number of carbonyl (C=O) groups is 2. The van der Waals surface area contributed by atoms with Crippen LogP contribution in [0, 0.1) is 19.7 Å². The number of rotatable bonds is 6. The fourth-order valence-corrected chi connectivity index (χ4v) is 3.81. The maximum Gasteiger partial charge on any atom is 0.349 e. The molecule has 1 amide bonds.